The normalized spacial score (nSPS) is 14.5. The Kier molecular flexibility index (Phi) is 5.76. The third-order valence-corrected chi connectivity index (χ3v) is 4.95. The quantitative estimate of drug-likeness (QED) is 0.694. The molecule has 2 aromatic carbocycles. The van der Waals surface area contributed by atoms with E-state index in [0.29, 0.717) is 43.2 Å². The van der Waals surface area contributed by atoms with Crippen LogP contribution >= 0.6 is 0 Å². The van der Waals surface area contributed by atoms with Gasteiger partial charge in [-0.15, -0.1) is 0 Å². The molecule has 0 aliphatic carbocycles. The van der Waals surface area contributed by atoms with E-state index in [1.807, 2.05) is 35.2 Å². The fourth-order valence-electron chi connectivity index (χ4n) is 3.41. The number of furan rings is 1. The molecule has 1 aliphatic heterocycles. The van der Waals surface area contributed by atoms with E-state index >= 15 is 0 Å². The first-order valence-electron chi connectivity index (χ1n) is 9.74. The molecule has 0 bridgehead atoms. The Bertz CT molecular complexity index is 1020. The van der Waals surface area contributed by atoms with Gasteiger partial charge in [0.25, 0.3) is 5.91 Å². The highest BCUT2D eigenvalue weighted by Crippen LogP contribution is 2.20. The number of hydrogen-bond donors (Lipinski definition) is 2. The molecule has 8 nitrogen and oxygen atoms in total. The molecule has 1 saturated heterocycles. The molecule has 0 saturated carbocycles. The van der Waals surface area contributed by atoms with E-state index in [2.05, 4.69) is 10.6 Å². The van der Waals surface area contributed by atoms with Crippen LogP contribution in [-0.2, 0) is 4.79 Å². The number of rotatable bonds is 4. The first-order valence-corrected chi connectivity index (χ1v) is 9.74. The lowest BCUT2D eigenvalue weighted by atomic mass is 10.2. The molecule has 0 radical (unpaired) electrons. The maximum atomic E-state index is 12.7. The molecule has 2 N–H and O–H groups in total. The van der Waals surface area contributed by atoms with Crippen LogP contribution in [0.2, 0.25) is 0 Å². The van der Waals surface area contributed by atoms with Gasteiger partial charge in [0.1, 0.15) is 5.58 Å². The SMILES string of the molecule is O=C(CN1CCN(C(=O)c2cc3ccccc3o2)CC1)NC(=O)Nc1ccccc1. The van der Waals surface area contributed by atoms with Crippen molar-refractivity contribution >= 4 is 34.5 Å². The zero-order chi connectivity index (χ0) is 20.9. The molecule has 0 spiro atoms. The number of nitrogens with one attached hydrogen (secondary N) is 2. The van der Waals surface area contributed by atoms with E-state index in [0.717, 1.165) is 5.39 Å². The van der Waals surface area contributed by atoms with E-state index in [1.165, 1.54) is 0 Å². The van der Waals surface area contributed by atoms with Gasteiger partial charge in [0.15, 0.2) is 5.76 Å². The number of fused-ring (bicyclic) bond motifs is 1. The third-order valence-electron chi connectivity index (χ3n) is 4.95. The van der Waals surface area contributed by atoms with Crippen molar-refractivity contribution in [2.75, 3.05) is 38.0 Å². The maximum absolute atomic E-state index is 12.7. The number of nitrogens with zero attached hydrogens (tertiary/aromatic N) is 2. The minimum Gasteiger partial charge on any atom is -0.451 e. The minimum absolute atomic E-state index is 0.0921. The predicted octanol–water partition coefficient (Wildman–Crippen LogP) is 2.54. The average Bonchev–Trinajstić information content (AvgIpc) is 3.18. The van der Waals surface area contributed by atoms with E-state index in [-0.39, 0.29) is 18.4 Å². The largest absolute Gasteiger partial charge is 0.451 e. The highest BCUT2D eigenvalue weighted by Gasteiger charge is 2.25. The number of carbonyl (C=O) groups is 3. The van der Waals surface area contributed by atoms with Crippen molar-refractivity contribution in [3.8, 4) is 0 Å². The molecular formula is C22H22N4O4. The number of imide groups is 1. The van der Waals surface area contributed by atoms with Gasteiger partial charge in [-0.2, -0.15) is 0 Å². The Morgan fingerprint density at radius 1 is 0.900 bits per heavy atom. The zero-order valence-corrected chi connectivity index (χ0v) is 16.3. The lowest BCUT2D eigenvalue weighted by Gasteiger charge is -2.33. The van der Waals surface area contributed by atoms with E-state index in [9.17, 15) is 14.4 Å². The summed E-state index contributed by atoms with van der Waals surface area (Å²) in [7, 11) is 0. The van der Waals surface area contributed by atoms with Gasteiger partial charge in [-0.05, 0) is 24.3 Å². The molecule has 1 fully saturated rings. The topological polar surface area (TPSA) is 94.9 Å². The molecule has 0 atom stereocenters. The third kappa shape index (κ3) is 4.66. The fourth-order valence-corrected chi connectivity index (χ4v) is 3.41. The van der Waals surface area contributed by atoms with Crippen molar-refractivity contribution in [1.29, 1.82) is 0 Å². The number of para-hydroxylation sites is 2. The number of carbonyl (C=O) groups excluding carboxylic acids is 3. The van der Waals surface area contributed by atoms with Gasteiger partial charge in [-0.1, -0.05) is 36.4 Å². The van der Waals surface area contributed by atoms with Crippen LogP contribution in [0.1, 0.15) is 10.6 Å². The number of urea groups is 1. The fraction of sp³-hybridized carbons (Fsp3) is 0.227. The lowest BCUT2D eigenvalue weighted by Crippen LogP contribution is -2.51. The Hall–Kier alpha value is -3.65. The molecular weight excluding hydrogens is 384 g/mol. The van der Waals surface area contributed by atoms with Gasteiger partial charge in [0.2, 0.25) is 5.91 Å². The van der Waals surface area contributed by atoms with Crippen LogP contribution in [0.5, 0.6) is 0 Å². The number of benzene rings is 2. The van der Waals surface area contributed by atoms with Gasteiger partial charge in [0.05, 0.1) is 6.54 Å². The molecule has 1 aromatic heterocycles. The standard InChI is InChI=1S/C22H22N4O4/c27-20(24-22(29)23-17-7-2-1-3-8-17)15-25-10-12-26(13-11-25)21(28)19-14-16-6-4-5-9-18(16)30-19/h1-9,14H,10-13,15H2,(H2,23,24,27,29). The van der Waals surface area contributed by atoms with E-state index < -0.39 is 6.03 Å². The second-order valence-electron chi connectivity index (χ2n) is 7.09. The van der Waals surface area contributed by atoms with Crippen molar-refractivity contribution in [3.05, 3.63) is 66.4 Å². The summed E-state index contributed by atoms with van der Waals surface area (Å²) in [5, 5.41) is 5.83. The average molecular weight is 406 g/mol. The maximum Gasteiger partial charge on any atom is 0.325 e. The van der Waals surface area contributed by atoms with E-state index in [4.69, 9.17) is 4.42 Å². The van der Waals surface area contributed by atoms with Gasteiger partial charge in [-0.3, -0.25) is 19.8 Å². The number of hydrogen-bond acceptors (Lipinski definition) is 5. The van der Waals surface area contributed by atoms with Crippen molar-refractivity contribution in [3.63, 3.8) is 0 Å². The summed E-state index contributed by atoms with van der Waals surface area (Å²) < 4.78 is 5.65. The molecule has 1 aliphatic rings. The summed E-state index contributed by atoms with van der Waals surface area (Å²) >= 11 is 0. The second kappa shape index (κ2) is 8.79. The summed E-state index contributed by atoms with van der Waals surface area (Å²) in [5.74, 6) is -0.224. The van der Waals surface area contributed by atoms with Crippen LogP contribution < -0.4 is 10.6 Å². The zero-order valence-electron chi connectivity index (χ0n) is 16.3. The summed E-state index contributed by atoms with van der Waals surface area (Å²) in [4.78, 5) is 40.4. The molecule has 8 heteroatoms. The van der Waals surface area contributed by atoms with Crippen LogP contribution in [0, 0.1) is 0 Å². The number of anilines is 1. The summed E-state index contributed by atoms with van der Waals surface area (Å²) in [6.07, 6.45) is 0. The van der Waals surface area contributed by atoms with Crippen LogP contribution in [0.4, 0.5) is 10.5 Å². The summed E-state index contributed by atoms with van der Waals surface area (Å²) in [5.41, 5.74) is 1.30. The number of piperazine rings is 1. The molecule has 4 rings (SSSR count). The molecule has 4 amide bonds. The Morgan fingerprint density at radius 2 is 1.60 bits per heavy atom. The van der Waals surface area contributed by atoms with Crippen molar-refractivity contribution in [2.45, 2.75) is 0 Å². The van der Waals surface area contributed by atoms with Gasteiger partial charge in [-0.25, -0.2) is 4.79 Å². The van der Waals surface area contributed by atoms with Crippen molar-refractivity contribution in [2.24, 2.45) is 0 Å². The highest BCUT2D eigenvalue weighted by atomic mass is 16.3. The first-order chi connectivity index (χ1) is 14.6. The van der Waals surface area contributed by atoms with Crippen LogP contribution in [0.15, 0.2) is 65.1 Å². The van der Waals surface area contributed by atoms with Crippen LogP contribution in [0.25, 0.3) is 11.0 Å². The Balaban J connectivity index is 1.24. The number of amides is 4. The Labute approximate surface area is 173 Å². The molecule has 154 valence electrons. The van der Waals surface area contributed by atoms with Crippen LogP contribution in [-0.4, -0.2) is 60.4 Å². The van der Waals surface area contributed by atoms with E-state index in [1.54, 1.807) is 35.2 Å². The van der Waals surface area contributed by atoms with Crippen LogP contribution in [0.3, 0.4) is 0 Å². The highest BCUT2D eigenvalue weighted by molar-refractivity contribution is 6.01. The first kappa shape index (κ1) is 19.7. The smallest absolute Gasteiger partial charge is 0.325 e. The Morgan fingerprint density at radius 3 is 2.33 bits per heavy atom. The van der Waals surface area contributed by atoms with Gasteiger partial charge >= 0.3 is 6.03 Å². The molecule has 2 heterocycles. The molecule has 30 heavy (non-hydrogen) atoms. The summed E-state index contributed by atoms with van der Waals surface area (Å²) in [6, 6.07) is 17.6. The molecule has 0 unspecified atom stereocenters. The lowest BCUT2D eigenvalue weighted by molar-refractivity contribution is -0.121. The minimum atomic E-state index is -0.565. The monoisotopic (exact) mass is 406 g/mol. The molecule has 3 aromatic rings. The van der Waals surface area contributed by atoms with Gasteiger partial charge < -0.3 is 14.6 Å². The second-order valence-corrected chi connectivity index (χ2v) is 7.09. The summed E-state index contributed by atoms with van der Waals surface area (Å²) in [6.45, 7) is 2.15. The predicted molar refractivity (Wildman–Crippen MR) is 112 cm³/mol. The van der Waals surface area contributed by atoms with Gasteiger partial charge in [0, 0.05) is 37.3 Å². The van der Waals surface area contributed by atoms with Crippen molar-refractivity contribution < 1.29 is 18.8 Å². The van der Waals surface area contributed by atoms with Crippen molar-refractivity contribution in [1.82, 2.24) is 15.1 Å².